The SMILES string of the molecule is CC(Nc1ccccc1SC(F)F)c1ccsc1. The number of alkyl halides is 2. The van der Waals surface area contributed by atoms with Crippen molar-refractivity contribution < 1.29 is 8.78 Å². The lowest BCUT2D eigenvalue weighted by atomic mass is 10.1. The molecule has 1 N–H and O–H groups in total. The number of thiophene rings is 1. The number of benzene rings is 1. The number of para-hydroxylation sites is 1. The Morgan fingerprint density at radius 2 is 2.00 bits per heavy atom. The molecular formula is C13H13F2NS2. The summed E-state index contributed by atoms with van der Waals surface area (Å²) in [6.45, 7) is 2.02. The molecule has 2 rings (SSSR count). The first-order chi connectivity index (χ1) is 8.66. The number of nitrogens with one attached hydrogen (secondary N) is 1. The second-order valence-electron chi connectivity index (χ2n) is 3.80. The molecule has 0 saturated heterocycles. The second kappa shape index (κ2) is 6.20. The molecule has 0 aliphatic carbocycles. The fourth-order valence-corrected chi connectivity index (χ4v) is 2.98. The Kier molecular flexibility index (Phi) is 4.60. The van der Waals surface area contributed by atoms with Crippen LogP contribution in [0.5, 0.6) is 0 Å². The van der Waals surface area contributed by atoms with Gasteiger partial charge in [-0.1, -0.05) is 23.9 Å². The van der Waals surface area contributed by atoms with Gasteiger partial charge in [0.2, 0.25) is 0 Å². The summed E-state index contributed by atoms with van der Waals surface area (Å²) in [6, 6.07) is 9.29. The monoisotopic (exact) mass is 285 g/mol. The fourth-order valence-electron chi connectivity index (χ4n) is 1.62. The highest BCUT2D eigenvalue weighted by Crippen LogP contribution is 2.33. The molecule has 0 aliphatic rings. The molecular weight excluding hydrogens is 272 g/mol. The average molecular weight is 285 g/mol. The molecule has 18 heavy (non-hydrogen) atoms. The van der Waals surface area contributed by atoms with Crippen molar-refractivity contribution >= 4 is 28.8 Å². The number of hydrogen-bond donors (Lipinski definition) is 1. The Morgan fingerprint density at radius 1 is 1.22 bits per heavy atom. The zero-order valence-electron chi connectivity index (χ0n) is 9.77. The van der Waals surface area contributed by atoms with Gasteiger partial charge in [-0.25, -0.2) is 0 Å². The van der Waals surface area contributed by atoms with Gasteiger partial charge in [0.15, 0.2) is 0 Å². The molecule has 0 fully saturated rings. The smallest absolute Gasteiger partial charge is 0.288 e. The highest BCUT2D eigenvalue weighted by molar-refractivity contribution is 7.99. The summed E-state index contributed by atoms with van der Waals surface area (Å²) in [6.07, 6.45) is 0. The van der Waals surface area contributed by atoms with E-state index in [1.807, 2.05) is 30.5 Å². The van der Waals surface area contributed by atoms with Crippen LogP contribution in [0, 0.1) is 0 Å². The van der Waals surface area contributed by atoms with Gasteiger partial charge in [0.1, 0.15) is 0 Å². The van der Waals surface area contributed by atoms with Crippen LogP contribution in [0.3, 0.4) is 0 Å². The van der Waals surface area contributed by atoms with Gasteiger partial charge >= 0.3 is 0 Å². The van der Waals surface area contributed by atoms with Crippen molar-refractivity contribution in [2.24, 2.45) is 0 Å². The van der Waals surface area contributed by atoms with Crippen molar-refractivity contribution in [1.29, 1.82) is 0 Å². The van der Waals surface area contributed by atoms with Crippen molar-refractivity contribution in [3.05, 3.63) is 46.7 Å². The Hall–Kier alpha value is -1.07. The highest BCUT2D eigenvalue weighted by atomic mass is 32.2. The van der Waals surface area contributed by atoms with Crippen LogP contribution in [0.4, 0.5) is 14.5 Å². The summed E-state index contributed by atoms with van der Waals surface area (Å²) in [5.41, 5.74) is 1.92. The van der Waals surface area contributed by atoms with E-state index in [1.165, 1.54) is 0 Å². The quantitative estimate of drug-likeness (QED) is 0.754. The standard InChI is InChI=1S/C13H13F2NS2/c1-9(10-6-7-17-8-10)16-11-4-2-3-5-12(11)18-13(14)15/h2-9,13,16H,1H3. The Bertz CT molecular complexity index is 485. The molecule has 0 bridgehead atoms. The summed E-state index contributed by atoms with van der Waals surface area (Å²) in [5, 5.41) is 7.33. The molecule has 0 aliphatic heterocycles. The van der Waals surface area contributed by atoms with Crippen LogP contribution < -0.4 is 5.32 Å². The third kappa shape index (κ3) is 3.46. The van der Waals surface area contributed by atoms with Crippen LogP contribution >= 0.6 is 23.1 Å². The Morgan fingerprint density at radius 3 is 2.67 bits per heavy atom. The van der Waals surface area contributed by atoms with Crippen LogP contribution in [0.25, 0.3) is 0 Å². The average Bonchev–Trinajstić information content (AvgIpc) is 2.84. The molecule has 0 spiro atoms. The maximum Gasteiger partial charge on any atom is 0.288 e. The number of hydrogen-bond acceptors (Lipinski definition) is 3. The van der Waals surface area contributed by atoms with E-state index in [-0.39, 0.29) is 6.04 Å². The van der Waals surface area contributed by atoms with Crippen LogP contribution in [0.2, 0.25) is 0 Å². The lowest BCUT2D eigenvalue weighted by Gasteiger charge is -2.17. The number of anilines is 1. The maximum atomic E-state index is 12.4. The number of thioether (sulfide) groups is 1. The van der Waals surface area contributed by atoms with E-state index in [2.05, 4.69) is 10.7 Å². The summed E-state index contributed by atoms with van der Waals surface area (Å²) in [5.74, 6) is -2.40. The van der Waals surface area contributed by atoms with Gasteiger partial charge in [0.25, 0.3) is 5.76 Å². The maximum absolute atomic E-state index is 12.4. The highest BCUT2D eigenvalue weighted by Gasteiger charge is 2.12. The fraction of sp³-hybridized carbons (Fsp3) is 0.231. The van der Waals surface area contributed by atoms with E-state index in [9.17, 15) is 8.78 Å². The molecule has 2 aromatic rings. The third-order valence-electron chi connectivity index (χ3n) is 2.52. The van der Waals surface area contributed by atoms with Crippen molar-refractivity contribution in [2.45, 2.75) is 23.6 Å². The van der Waals surface area contributed by atoms with E-state index in [4.69, 9.17) is 0 Å². The molecule has 96 valence electrons. The van der Waals surface area contributed by atoms with Gasteiger partial charge in [-0.05, 0) is 41.4 Å². The van der Waals surface area contributed by atoms with E-state index in [1.54, 1.807) is 23.5 Å². The summed E-state index contributed by atoms with van der Waals surface area (Å²) in [7, 11) is 0. The van der Waals surface area contributed by atoms with E-state index < -0.39 is 5.76 Å². The van der Waals surface area contributed by atoms with Crippen molar-refractivity contribution in [3.8, 4) is 0 Å². The van der Waals surface area contributed by atoms with E-state index in [0.717, 1.165) is 11.3 Å². The molecule has 1 aromatic heterocycles. The van der Waals surface area contributed by atoms with Crippen molar-refractivity contribution in [2.75, 3.05) is 5.32 Å². The van der Waals surface area contributed by atoms with Gasteiger partial charge in [0.05, 0.1) is 0 Å². The van der Waals surface area contributed by atoms with Gasteiger partial charge in [-0.2, -0.15) is 20.1 Å². The summed E-state index contributed by atoms with van der Waals surface area (Å²) in [4.78, 5) is 0.578. The van der Waals surface area contributed by atoms with Crippen LogP contribution in [-0.4, -0.2) is 5.76 Å². The van der Waals surface area contributed by atoms with Gasteiger partial charge in [-0.3, -0.25) is 0 Å². The zero-order chi connectivity index (χ0) is 13.0. The first-order valence-corrected chi connectivity index (χ1v) is 7.31. The zero-order valence-corrected chi connectivity index (χ0v) is 11.4. The van der Waals surface area contributed by atoms with Crippen LogP contribution in [-0.2, 0) is 0 Å². The first-order valence-electron chi connectivity index (χ1n) is 5.49. The minimum atomic E-state index is -2.40. The predicted molar refractivity (Wildman–Crippen MR) is 74.7 cm³/mol. The Labute approximate surface area is 113 Å². The van der Waals surface area contributed by atoms with E-state index >= 15 is 0 Å². The number of rotatable bonds is 5. The lowest BCUT2D eigenvalue weighted by Crippen LogP contribution is -2.06. The molecule has 1 unspecified atom stereocenters. The lowest BCUT2D eigenvalue weighted by molar-refractivity contribution is 0.252. The minimum Gasteiger partial charge on any atom is -0.378 e. The topological polar surface area (TPSA) is 12.0 Å². The van der Waals surface area contributed by atoms with Crippen LogP contribution in [0.1, 0.15) is 18.5 Å². The largest absolute Gasteiger partial charge is 0.378 e. The molecule has 0 amide bonds. The van der Waals surface area contributed by atoms with Crippen LogP contribution in [0.15, 0.2) is 46.0 Å². The van der Waals surface area contributed by atoms with Crippen molar-refractivity contribution in [3.63, 3.8) is 0 Å². The van der Waals surface area contributed by atoms with E-state index in [0.29, 0.717) is 16.7 Å². The normalized spacial score (nSPS) is 12.7. The van der Waals surface area contributed by atoms with Gasteiger partial charge in [0, 0.05) is 16.6 Å². The minimum absolute atomic E-state index is 0.107. The molecule has 1 aromatic carbocycles. The molecule has 1 nitrogen and oxygen atoms in total. The predicted octanol–water partition coefficient (Wildman–Crippen LogP) is 5.24. The molecule has 0 radical (unpaired) electrons. The summed E-state index contributed by atoms with van der Waals surface area (Å²) < 4.78 is 24.9. The molecule has 1 heterocycles. The molecule has 0 saturated carbocycles. The van der Waals surface area contributed by atoms with Gasteiger partial charge < -0.3 is 5.32 Å². The van der Waals surface area contributed by atoms with Crippen molar-refractivity contribution in [1.82, 2.24) is 0 Å². The number of halogens is 2. The second-order valence-corrected chi connectivity index (χ2v) is 5.61. The Balaban J connectivity index is 2.13. The summed E-state index contributed by atoms with van der Waals surface area (Å²) >= 11 is 2.20. The third-order valence-corrected chi connectivity index (χ3v) is 4.01. The molecule has 1 atom stereocenters. The van der Waals surface area contributed by atoms with Gasteiger partial charge in [-0.15, -0.1) is 0 Å². The molecule has 5 heteroatoms. The first kappa shape index (κ1) is 13.4.